The van der Waals surface area contributed by atoms with Gasteiger partial charge in [-0.3, -0.25) is 0 Å². The van der Waals surface area contributed by atoms with Gasteiger partial charge < -0.3 is 0 Å². The molecule has 0 amide bonds. The normalized spacial score (nSPS) is 12.2. The molecule has 0 unspecified atom stereocenters. The fraction of sp³-hybridized carbons (Fsp3) is 0.333. The standard InChI is InChI=1S/C12H14O2S3/c1-8(2)17(13,14)12-7-6-11(16-12)10-5-4-9(3)15-10/h4-8H,1-3H3. The topological polar surface area (TPSA) is 34.1 Å². The van der Waals surface area contributed by atoms with Gasteiger partial charge in [0.15, 0.2) is 9.84 Å². The second-order valence-electron chi connectivity index (χ2n) is 4.12. The molecule has 0 spiro atoms. The highest BCUT2D eigenvalue weighted by Crippen LogP contribution is 2.35. The monoisotopic (exact) mass is 286 g/mol. The molecular formula is C12H14O2S3. The molecule has 0 atom stereocenters. The van der Waals surface area contributed by atoms with Crippen LogP contribution in [0.2, 0.25) is 0 Å². The Labute approximate surface area is 110 Å². The van der Waals surface area contributed by atoms with Gasteiger partial charge in [-0.15, -0.1) is 22.7 Å². The first-order valence-electron chi connectivity index (χ1n) is 5.32. The quantitative estimate of drug-likeness (QED) is 0.855. The second kappa shape index (κ2) is 4.55. The summed E-state index contributed by atoms with van der Waals surface area (Å²) in [5.41, 5.74) is 0. The number of aryl methyl sites for hydroxylation is 1. The Kier molecular flexibility index (Phi) is 3.43. The van der Waals surface area contributed by atoms with E-state index in [9.17, 15) is 8.42 Å². The van der Waals surface area contributed by atoms with Gasteiger partial charge >= 0.3 is 0 Å². The maximum absolute atomic E-state index is 12.0. The van der Waals surface area contributed by atoms with Crippen molar-refractivity contribution in [2.45, 2.75) is 30.2 Å². The summed E-state index contributed by atoms with van der Waals surface area (Å²) in [6.45, 7) is 5.47. The third-order valence-electron chi connectivity index (χ3n) is 2.47. The van der Waals surface area contributed by atoms with Crippen LogP contribution in [0.5, 0.6) is 0 Å². The summed E-state index contributed by atoms with van der Waals surface area (Å²) >= 11 is 3.05. The highest BCUT2D eigenvalue weighted by atomic mass is 32.2. The van der Waals surface area contributed by atoms with Gasteiger partial charge in [0.1, 0.15) is 4.21 Å². The first-order chi connectivity index (χ1) is 7.91. The molecule has 2 rings (SSSR count). The van der Waals surface area contributed by atoms with E-state index in [0.29, 0.717) is 4.21 Å². The average molecular weight is 286 g/mol. The van der Waals surface area contributed by atoms with Crippen LogP contribution in [-0.2, 0) is 9.84 Å². The van der Waals surface area contributed by atoms with Crippen molar-refractivity contribution in [1.29, 1.82) is 0 Å². The van der Waals surface area contributed by atoms with E-state index >= 15 is 0 Å². The van der Waals surface area contributed by atoms with Gasteiger partial charge in [-0.2, -0.15) is 0 Å². The molecule has 2 nitrogen and oxygen atoms in total. The largest absolute Gasteiger partial charge is 0.223 e. The van der Waals surface area contributed by atoms with E-state index in [0.717, 1.165) is 9.75 Å². The zero-order chi connectivity index (χ0) is 12.6. The van der Waals surface area contributed by atoms with Crippen molar-refractivity contribution >= 4 is 32.5 Å². The molecule has 0 aliphatic rings. The van der Waals surface area contributed by atoms with Gasteiger partial charge in [-0.05, 0) is 45.0 Å². The molecule has 0 fully saturated rings. The molecule has 0 saturated carbocycles. The number of hydrogen-bond donors (Lipinski definition) is 0. The molecule has 0 bridgehead atoms. The summed E-state index contributed by atoms with van der Waals surface area (Å²) in [5.74, 6) is 0. The van der Waals surface area contributed by atoms with Crippen LogP contribution in [-0.4, -0.2) is 13.7 Å². The lowest BCUT2D eigenvalue weighted by Gasteiger charge is -2.03. The molecule has 0 aromatic carbocycles. The Morgan fingerprint density at radius 2 is 1.59 bits per heavy atom. The van der Waals surface area contributed by atoms with Gasteiger partial charge in [0.2, 0.25) is 0 Å². The maximum Gasteiger partial charge on any atom is 0.190 e. The first kappa shape index (κ1) is 12.8. The Hall–Kier alpha value is -0.650. The summed E-state index contributed by atoms with van der Waals surface area (Å²) in [7, 11) is -3.13. The molecule has 92 valence electrons. The molecule has 0 radical (unpaired) electrons. The van der Waals surface area contributed by atoms with Crippen molar-refractivity contribution < 1.29 is 8.42 Å². The molecule has 17 heavy (non-hydrogen) atoms. The maximum atomic E-state index is 12.0. The molecule has 0 saturated heterocycles. The molecule has 0 N–H and O–H groups in total. The highest BCUT2D eigenvalue weighted by molar-refractivity contribution is 7.94. The van der Waals surface area contributed by atoms with E-state index in [4.69, 9.17) is 0 Å². The van der Waals surface area contributed by atoms with Crippen LogP contribution in [0, 0.1) is 6.92 Å². The number of thiophene rings is 2. The first-order valence-corrected chi connectivity index (χ1v) is 8.50. The van der Waals surface area contributed by atoms with Gasteiger partial charge in [0, 0.05) is 14.6 Å². The zero-order valence-electron chi connectivity index (χ0n) is 9.93. The number of hydrogen-bond acceptors (Lipinski definition) is 4. The predicted molar refractivity (Wildman–Crippen MR) is 74.7 cm³/mol. The van der Waals surface area contributed by atoms with Crippen molar-refractivity contribution in [3.63, 3.8) is 0 Å². The third-order valence-corrected chi connectivity index (χ3v) is 7.43. The Balaban J connectivity index is 2.41. The summed E-state index contributed by atoms with van der Waals surface area (Å²) < 4.78 is 24.5. The van der Waals surface area contributed by atoms with Gasteiger partial charge in [0.05, 0.1) is 5.25 Å². The van der Waals surface area contributed by atoms with E-state index < -0.39 is 9.84 Å². The average Bonchev–Trinajstić information content (AvgIpc) is 2.85. The van der Waals surface area contributed by atoms with Gasteiger partial charge in [0.25, 0.3) is 0 Å². The van der Waals surface area contributed by atoms with E-state index in [-0.39, 0.29) is 5.25 Å². The van der Waals surface area contributed by atoms with E-state index in [2.05, 4.69) is 6.07 Å². The summed E-state index contributed by atoms with van der Waals surface area (Å²) in [5, 5.41) is -0.362. The number of sulfone groups is 1. The van der Waals surface area contributed by atoms with Crippen molar-refractivity contribution in [3.8, 4) is 9.75 Å². The van der Waals surface area contributed by atoms with Gasteiger partial charge in [-0.25, -0.2) is 8.42 Å². The second-order valence-corrected chi connectivity index (χ2v) is 9.23. The number of rotatable bonds is 3. The van der Waals surface area contributed by atoms with Crippen LogP contribution in [0.15, 0.2) is 28.5 Å². The Bertz CT molecular complexity index is 618. The predicted octanol–water partition coefficient (Wildman–Crippen LogP) is 3.97. The lowest BCUT2D eigenvalue weighted by molar-refractivity contribution is 0.589. The minimum atomic E-state index is -3.13. The van der Waals surface area contributed by atoms with Crippen LogP contribution in [0.3, 0.4) is 0 Å². The molecule has 0 aliphatic carbocycles. The van der Waals surface area contributed by atoms with Crippen LogP contribution in [0.4, 0.5) is 0 Å². The van der Waals surface area contributed by atoms with E-state index in [1.54, 1.807) is 31.3 Å². The molecule has 5 heteroatoms. The summed E-state index contributed by atoms with van der Waals surface area (Å²) in [4.78, 5) is 3.40. The fourth-order valence-corrected chi connectivity index (χ4v) is 5.13. The summed E-state index contributed by atoms with van der Waals surface area (Å²) in [6.07, 6.45) is 0. The molecular weight excluding hydrogens is 272 g/mol. The SMILES string of the molecule is Cc1ccc(-c2ccc(S(=O)(=O)C(C)C)s2)s1. The third kappa shape index (κ3) is 2.46. The van der Waals surface area contributed by atoms with Gasteiger partial charge in [-0.1, -0.05) is 0 Å². The Morgan fingerprint density at radius 1 is 1.00 bits per heavy atom. The van der Waals surface area contributed by atoms with Crippen LogP contribution in [0.1, 0.15) is 18.7 Å². The highest BCUT2D eigenvalue weighted by Gasteiger charge is 2.21. The zero-order valence-corrected chi connectivity index (χ0v) is 12.4. The Morgan fingerprint density at radius 3 is 2.12 bits per heavy atom. The minimum absolute atomic E-state index is 0.362. The van der Waals surface area contributed by atoms with Crippen LogP contribution in [0.25, 0.3) is 9.75 Å². The smallest absolute Gasteiger partial charge is 0.190 e. The molecule has 2 heterocycles. The van der Waals surface area contributed by atoms with E-state index in [1.165, 1.54) is 16.2 Å². The molecule has 2 aromatic heterocycles. The molecule has 2 aromatic rings. The van der Waals surface area contributed by atoms with Crippen molar-refractivity contribution in [1.82, 2.24) is 0 Å². The lowest BCUT2D eigenvalue weighted by atomic mass is 10.4. The lowest BCUT2D eigenvalue weighted by Crippen LogP contribution is -2.12. The van der Waals surface area contributed by atoms with Crippen molar-refractivity contribution in [3.05, 3.63) is 29.1 Å². The van der Waals surface area contributed by atoms with E-state index in [1.807, 2.05) is 19.1 Å². The fourth-order valence-electron chi connectivity index (χ4n) is 1.40. The summed E-state index contributed by atoms with van der Waals surface area (Å²) in [6, 6.07) is 7.70. The minimum Gasteiger partial charge on any atom is -0.223 e. The van der Waals surface area contributed by atoms with Crippen LogP contribution < -0.4 is 0 Å². The van der Waals surface area contributed by atoms with Crippen molar-refractivity contribution in [2.24, 2.45) is 0 Å². The van der Waals surface area contributed by atoms with Crippen molar-refractivity contribution in [2.75, 3.05) is 0 Å². The van der Waals surface area contributed by atoms with Crippen LogP contribution >= 0.6 is 22.7 Å². The molecule has 0 aliphatic heterocycles.